The lowest BCUT2D eigenvalue weighted by atomic mass is 10.1. The normalized spacial score (nSPS) is 13.2. The molecule has 25 heavy (non-hydrogen) atoms. The van der Waals surface area contributed by atoms with Crippen molar-refractivity contribution in [2.24, 2.45) is 0 Å². The number of rotatable bonds is 6. The van der Waals surface area contributed by atoms with Crippen LogP contribution in [0.1, 0.15) is 28.8 Å². The third kappa shape index (κ3) is 4.82. The molecule has 3 N–H and O–H groups in total. The van der Waals surface area contributed by atoms with Gasteiger partial charge in [-0.1, -0.05) is 18.2 Å². The van der Waals surface area contributed by atoms with Crippen LogP contribution in [0.5, 0.6) is 0 Å². The molecule has 1 saturated carbocycles. The molecule has 5 nitrogen and oxygen atoms in total. The molecular weight excluding hydrogens is 382 g/mol. The maximum atomic E-state index is 12.3. The molecule has 1 aliphatic carbocycles. The zero-order valence-corrected chi connectivity index (χ0v) is 15.5. The van der Waals surface area contributed by atoms with Crippen molar-refractivity contribution in [2.45, 2.75) is 25.8 Å². The van der Waals surface area contributed by atoms with Crippen LogP contribution in [-0.4, -0.2) is 24.4 Å². The highest BCUT2D eigenvalue weighted by Gasteiger charge is 2.24. The third-order valence-electron chi connectivity index (χ3n) is 3.92. The van der Waals surface area contributed by atoms with Crippen LogP contribution in [0.3, 0.4) is 0 Å². The first-order chi connectivity index (χ1) is 12.0. The van der Waals surface area contributed by atoms with E-state index in [1.807, 2.05) is 37.3 Å². The Morgan fingerprint density at radius 2 is 1.88 bits per heavy atom. The molecule has 0 saturated heterocycles. The average Bonchev–Trinajstić information content (AvgIpc) is 3.40. The first-order valence-corrected chi connectivity index (χ1v) is 9.02. The topological polar surface area (TPSA) is 70.2 Å². The number of anilines is 2. The molecule has 0 aliphatic heterocycles. The van der Waals surface area contributed by atoms with Crippen LogP contribution in [0.15, 0.2) is 46.9 Å². The van der Waals surface area contributed by atoms with Gasteiger partial charge in [0, 0.05) is 16.2 Å². The van der Waals surface area contributed by atoms with Crippen LogP contribution >= 0.6 is 15.9 Å². The number of amides is 2. The van der Waals surface area contributed by atoms with Gasteiger partial charge < -0.3 is 16.0 Å². The van der Waals surface area contributed by atoms with Crippen molar-refractivity contribution in [3.05, 3.63) is 58.1 Å². The number of benzene rings is 2. The van der Waals surface area contributed by atoms with Crippen molar-refractivity contribution >= 4 is 39.1 Å². The number of carbonyl (C=O) groups is 2. The van der Waals surface area contributed by atoms with Gasteiger partial charge in [-0.05, 0) is 65.5 Å². The molecule has 0 aromatic heterocycles. The molecule has 0 spiro atoms. The van der Waals surface area contributed by atoms with Crippen molar-refractivity contribution in [1.29, 1.82) is 0 Å². The largest absolute Gasteiger partial charge is 0.376 e. The van der Waals surface area contributed by atoms with Crippen LogP contribution in [0.25, 0.3) is 0 Å². The van der Waals surface area contributed by atoms with E-state index < -0.39 is 0 Å². The minimum atomic E-state index is -0.179. The lowest BCUT2D eigenvalue weighted by Gasteiger charge is -2.13. The molecule has 6 heteroatoms. The fourth-order valence-corrected chi connectivity index (χ4v) is 3.01. The predicted molar refractivity (Wildman–Crippen MR) is 103 cm³/mol. The average molecular weight is 402 g/mol. The zero-order valence-electron chi connectivity index (χ0n) is 13.9. The summed E-state index contributed by atoms with van der Waals surface area (Å²) < 4.78 is 0.838. The molecule has 2 amide bonds. The summed E-state index contributed by atoms with van der Waals surface area (Å²) in [7, 11) is 0. The van der Waals surface area contributed by atoms with E-state index >= 15 is 0 Å². The number of hydrogen-bond donors (Lipinski definition) is 3. The van der Waals surface area contributed by atoms with E-state index in [1.54, 1.807) is 12.1 Å². The minimum absolute atomic E-state index is 0.0774. The second kappa shape index (κ2) is 7.70. The Morgan fingerprint density at radius 3 is 2.60 bits per heavy atom. The van der Waals surface area contributed by atoms with Crippen LogP contribution in [0.4, 0.5) is 11.4 Å². The summed E-state index contributed by atoms with van der Waals surface area (Å²) in [5, 5.41) is 8.87. The number of nitrogens with one attached hydrogen (secondary N) is 3. The second-order valence-corrected chi connectivity index (χ2v) is 7.03. The molecular formula is C19H20BrN3O2. The Labute approximate surface area is 155 Å². The fourth-order valence-electron chi connectivity index (χ4n) is 2.42. The van der Waals surface area contributed by atoms with Gasteiger partial charge in [-0.15, -0.1) is 0 Å². The summed E-state index contributed by atoms with van der Waals surface area (Å²) in [5.74, 6) is -0.283. The molecule has 130 valence electrons. The van der Waals surface area contributed by atoms with Crippen molar-refractivity contribution in [1.82, 2.24) is 5.32 Å². The number of para-hydroxylation sites is 1. The Kier molecular flexibility index (Phi) is 5.38. The standard InChI is InChI=1S/C19H20BrN3O2/c1-12-6-9-17(15(20)10-12)23-18(24)11-21-16-5-3-2-4-14(16)19(25)22-13-7-8-13/h2-6,9-10,13,21H,7-8,11H2,1H3,(H,22,25)(H,23,24). The van der Waals surface area contributed by atoms with Crippen molar-refractivity contribution in [2.75, 3.05) is 17.2 Å². The Bertz CT molecular complexity index is 803. The first-order valence-electron chi connectivity index (χ1n) is 8.22. The molecule has 2 aromatic carbocycles. The van der Waals surface area contributed by atoms with Crippen LogP contribution < -0.4 is 16.0 Å². The predicted octanol–water partition coefficient (Wildman–Crippen LogP) is 3.70. The van der Waals surface area contributed by atoms with E-state index in [0.717, 1.165) is 28.6 Å². The molecule has 3 rings (SSSR count). The molecule has 2 aromatic rings. The summed E-state index contributed by atoms with van der Waals surface area (Å²) >= 11 is 3.44. The Balaban J connectivity index is 1.61. The van der Waals surface area contributed by atoms with Crippen molar-refractivity contribution in [3.63, 3.8) is 0 Å². The van der Waals surface area contributed by atoms with E-state index in [0.29, 0.717) is 17.3 Å². The van der Waals surface area contributed by atoms with Gasteiger partial charge in [0.25, 0.3) is 5.91 Å². The first kappa shape index (κ1) is 17.5. The quantitative estimate of drug-likeness (QED) is 0.690. The number of halogens is 1. The monoisotopic (exact) mass is 401 g/mol. The molecule has 0 heterocycles. The van der Waals surface area contributed by atoms with Gasteiger partial charge in [0.2, 0.25) is 5.91 Å². The fraction of sp³-hybridized carbons (Fsp3) is 0.263. The molecule has 0 radical (unpaired) electrons. The van der Waals surface area contributed by atoms with Gasteiger partial charge >= 0.3 is 0 Å². The van der Waals surface area contributed by atoms with Crippen LogP contribution in [0, 0.1) is 6.92 Å². The van der Waals surface area contributed by atoms with Crippen molar-refractivity contribution in [3.8, 4) is 0 Å². The minimum Gasteiger partial charge on any atom is -0.376 e. The smallest absolute Gasteiger partial charge is 0.253 e. The zero-order chi connectivity index (χ0) is 17.8. The summed E-state index contributed by atoms with van der Waals surface area (Å²) in [6, 6.07) is 13.2. The van der Waals surface area contributed by atoms with E-state index in [-0.39, 0.29) is 18.4 Å². The van der Waals surface area contributed by atoms with Gasteiger partial charge in [0.1, 0.15) is 0 Å². The maximum Gasteiger partial charge on any atom is 0.253 e. The summed E-state index contributed by atoms with van der Waals surface area (Å²) in [4.78, 5) is 24.5. The summed E-state index contributed by atoms with van der Waals surface area (Å²) in [6.45, 7) is 2.07. The van der Waals surface area contributed by atoms with Gasteiger partial charge in [-0.2, -0.15) is 0 Å². The van der Waals surface area contributed by atoms with Gasteiger partial charge in [0.05, 0.1) is 17.8 Å². The van der Waals surface area contributed by atoms with Gasteiger partial charge in [-0.25, -0.2) is 0 Å². The van der Waals surface area contributed by atoms with Crippen molar-refractivity contribution < 1.29 is 9.59 Å². The summed E-state index contributed by atoms with van der Waals surface area (Å²) in [5.41, 5.74) is 3.04. The Hall–Kier alpha value is -2.34. The number of carbonyl (C=O) groups excluding carboxylic acids is 2. The van der Waals surface area contributed by atoms with Crippen LogP contribution in [-0.2, 0) is 4.79 Å². The van der Waals surface area contributed by atoms with E-state index in [2.05, 4.69) is 31.9 Å². The van der Waals surface area contributed by atoms with E-state index in [1.165, 1.54) is 0 Å². The van der Waals surface area contributed by atoms with E-state index in [9.17, 15) is 9.59 Å². The lowest BCUT2D eigenvalue weighted by molar-refractivity contribution is -0.114. The Morgan fingerprint density at radius 1 is 1.12 bits per heavy atom. The van der Waals surface area contributed by atoms with Crippen LogP contribution in [0.2, 0.25) is 0 Å². The molecule has 0 unspecified atom stereocenters. The SMILES string of the molecule is Cc1ccc(NC(=O)CNc2ccccc2C(=O)NC2CC2)c(Br)c1. The van der Waals surface area contributed by atoms with Gasteiger partial charge in [-0.3, -0.25) is 9.59 Å². The molecule has 0 atom stereocenters. The molecule has 1 aliphatic rings. The summed E-state index contributed by atoms with van der Waals surface area (Å²) in [6.07, 6.45) is 2.07. The number of hydrogen-bond acceptors (Lipinski definition) is 3. The second-order valence-electron chi connectivity index (χ2n) is 6.18. The number of aryl methyl sites for hydroxylation is 1. The molecule has 0 bridgehead atoms. The van der Waals surface area contributed by atoms with E-state index in [4.69, 9.17) is 0 Å². The highest BCUT2D eigenvalue weighted by Crippen LogP contribution is 2.24. The molecule has 1 fully saturated rings. The van der Waals surface area contributed by atoms with Gasteiger partial charge in [0.15, 0.2) is 0 Å². The maximum absolute atomic E-state index is 12.3. The highest BCUT2D eigenvalue weighted by atomic mass is 79.9. The third-order valence-corrected chi connectivity index (χ3v) is 4.58. The highest BCUT2D eigenvalue weighted by molar-refractivity contribution is 9.10. The lowest BCUT2D eigenvalue weighted by Crippen LogP contribution is -2.27.